The highest BCUT2D eigenvalue weighted by Crippen LogP contribution is 2.25. The summed E-state index contributed by atoms with van der Waals surface area (Å²) in [5.41, 5.74) is 1.16. The molecule has 1 aliphatic rings. The highest BCUT2D eigenvalue weighted by molar-refractivity contribution is 6.32. The Bertz CT molecular complexity index is 350. The van der Waals surface area contributed by atoms with Crippen LogP contribution in [0.4, 0.5) is 0 Å². The average Bonchev–Trinajstić information content (AvgIpc) is 3.04. The Kier molecular flexibility index (Phi) is 4.08. The molecule has 1 aromatic carbocycles. The molecule has 16 heavy (non-hydrogen) atoms. The molecular formula is C13H18ClNO. The molecule has 0 aromatic heterocycles. The maximum atomic E-state index is 6.06. The van der Waals surface area contributed by atoms with E-state index >= 15 is 0 Å². The molecule has 0 spiro atoms. The van der Waals surface area contributed by atoms with Crippen molar-refractivity contribution in [3.8, 4) is 5.75 Å². The van der Waals surface area contributed by atoms with E-state index in [2.05, 4.69) is 5.32 Å². The summed E-state index contributed by atoms with van der Waals surface area (Å²) in [7, 11) is 0. The van der Waals surface area contributed by atoms with Gasteiger partial charge in [0.25, 0.3) is 0 Å². The van der Waals surface area contributed by atoms with E-state index in [-0.39, 0.29) is 0 Å². The minimum absolute atomic E-state index is 0.704. The lowest BCUT2D eigenvalue weighted by Gasteiger charge is -2.08. The molecule has 2 nitrogen and oxygen atoms in total. The first-order valence-corrected chi connectivity index (χ1v) is 6.26. The Morgan fingerprint density at radius 1 is 1.44 bits per heavy atom. The van der Waals surface area contributed by atoms with Crippen LogP contribution in [-0.2, 0) is 0 Å². The van der Waals surface area contributed by atoms with Gasteiger partial charge in [-0.1, -0.05) is 17.7 Å². The summed E-state index contributed by atoms with van der Waals surface area (Å²) in [4.78, 5) is 0. The van der Waals surface area contributed by atoms with Gasteiger partial charge in [0.1, 0.15) is 5.75 Å². The van der Waals surface area contributed by atoms with Gasteiger partial charge in [-0.25, -0.2) is 0 Å². The SMILES string of the molecule is Cc1ccc(OCCCNC2CC2)c(Cl)c1. The second-order valence-electron chi connectivity index (χ2n) is 4.36. The van der Waals surface area contributed by atoms with E-state index in [1.54, 1.807) is 0 Å². The van der Waals surface area contributed by atoms with Crippen LogP contribution in [0.1, 0.15) is 24.8 Å². The van der Waals surface area contributed by atoms with E-state index in [1.807, 2.05) is 25.1 Å². The molecule has 0 radical (unpaired) electrons. The first-order chi connectivity index (χ1) is 7.75. The maximum Gasteiger partial charge on any atom is 0.137 e. The number of ether oxygens (including phenoxy) is 1. The van der Waals surface area contributed by atoms with E-state index in [0.717, 1.165) is 36.9 Å². The minimum Gasteiger partial charge on any atom is -0.492 e. The summed E-state index contributed by atoms with van der Waals surface area (Å²) in [5.74, 6) is 0.790. The molecule has 0 atom stereocenters. The second-order valence-corrected chi connectivity index (χ2v) is 4.77. The molecule has 0 bridgehead atoms. The highest BCUT2D eigenvalue weighted by Gasteiger charge is 2.19. The molecule has 0 saturated heterocycles. The lowest BCUT2D eigenvalue weighted by atomic mass is 10.2. The highest BCUT2D eigenvalue weighted by atomic mass is 35.5. The number of hydrogen-bond donors (Lipinski definition) is 1. The number of nitrogens with one attached hydrogen (secondary N) is 1. The van der Waals surface area contributed by atoms with Crippen LogP contribution in [0.2, 0.25) is 5.02 Å². The van der Waals surface area contributed by atoms with Gasteiger partial charge in [0, 0.05) is 6.04 Å². The Morgan fingerprint density at radius 3 is 2.94 bits per heavy atom. The molecule has 1 aliphatic carbocycles. The maximum absolute atomic E-state index is 6.06. The molecule has 2 rings (SSSR count). The molecule has 1 N–H and O–H groups in total. The van der Waals surface area contributed by atoms with Gasteiger partial charge in [0.2, 0.25) is 0 Å². The van der Waals surface area contributed by atoms with Crippen molar-refractivity contribution < 1.29 is 4.74 Å². The van der Waals surface area contributed by atoms with Crippen LogP contribution in [-0.4, -0.2) is 19.2 Å². The van der Waals surface area contributed by atoms with Crippen LogP contribution in [0.3, 0.4) is 0 Å². The third-order valence-electron chi connectivity index (χ3n) is 2.68. The fraction of sp³-hybridized carbons (Fsp3) is 0.538. The zero-order chi connectivity index (χ0) is 11.4. The Hall–Kier alpha value is -0.730. The van der Waals surface area contributed by atoms with Crippen LogP contribution < -0.4 is 10.1 Å². The van der Waals surface area contributed by atoms with E-state index < -0.39 is 0 Å². The lowest BCUT2D eigenvalue weighted by molar-refractivity contribution is 0.308. The van der Waals surface area contributed by atoms with Crippen molar-refractivity contribution in [2.24, 2.45) is 0 Å². The van der Waals surface area contributed by atoms with E-state index in [4.69, 9.17) is 16.3 Å². The summed E-state index contributed by atoms with van der Waals surface area (Å²) >= 11 is 6.06. The standard InChI is InChI=1S/C13H18ClNO/c1-10-3-6-13(12(14)9-10)16-8-2-7-15-11-4-5-11/h3,6,9,11,15H,2,4-5,7-8H2,1H3. The van der Waals surface area contributed by atoms with Crippen molar-refractivity contribution in [3.63, 3.8) is 0 Å². The van der Waals surface area contributed by atoms with Gasteiger partial charge in [-0.15, -0.1) is 0 Å². The third-order valence-corrected chi connectivity index (χ3v) is 2.97. The van der Waals surface area contributed by atoms with Gasteiger partial charge in [0.15, 0.2) is 0 Å². The van der Waals surface area contributed by atoms with E-state index in [9.17, 15) is 0 Å². The van der Waals surface area contributed by atoms with Crippen molar-refractivity contribution >= 4 is 11.6 Å². The van der Waals surface area contributed by atoms with Crippen LogP contribution in [0.5, 0.6) is 5.75 Å². The normalized spacial score (nSPS) is 15.1. The predicted molar refractivity (Wildman–Crippen MR) is 67.3 cm³/mol. The van der Waals surface area contributed by atoms with Crippen molar-refractivity contribution in [2.45, 2.75) is 32.2 Å². The van der Waals surface area contributed by atoms with Crippen molar-refractivity contribution in [3.05, 3.63) is 28.8 Å². The first-order valence-electron chi connectivity index (χ1n) is 5.88. The molecule has 0 aliphatic heterocycles. The van der Waals surface area contributed by atoms with Crippen LogP contribution >= 0.6 is 11.6 Å². The topological polar surface area (TPSA) is 21.3 Å². The smallest absolute Gasteiger partial charge is 0.137 e. The van der Waals surface area contributed by atoms with Crippen molar-refractivity contribution in [1.82, 2.24) is 5.32 Å². The first kappa shape index (κ1) is 11.7. The van der Waals surface area contributed by atoms with Gasteiger partial charge in [0.05, 0.1) is 11.6 Å². The number of rotatable bonds is 6. The summed E-state index contributed by atoms with van der Waals surface area (Å²) in [5, 5.41) is 4.16. The van der Waals surface area contributed by atoms with Crippen LogP contribution in [0.15, 0.2) is 18.2 Å². The number of aryl methyl sites for hydroxylation is 1. The van der Waals surface area contributed by atoms with Gasteiger partial charge in [-0.3, -0.25) is 0 Å². The largest absolute Gasteiger partial charge is 0.492 e. The molecule has 88 valence electrons. The van der Waals surface area contributed by atoms with Gasteiger partial charge in [-0.05, 0) is 50.4 Å². The molecule has 1 fully saturated rings. The zero-order valence-electron chi connectivity index (χ0n) is 9.63. The average molecular weight is 240 g/mol. The van der Waals surface area contributed by atoms with Crippen molar-refractivity contribution in [1.29, 1.82) is 0 Å². The molecule has 1 aromatic rings. The minimum atomic E-state index is 0.704. The molecular weight excluding hydrogens is 222 g/mol. The number of hydrogen-bond acceptors (Lipinski definition) is 2. The summed E-state index contributed by atoms with van der Waals surface area (Å²) in [6, 6.07) is 6.66. The Morgan fingerprint density at radius 2 is 2.25 bits per heavy atom. The number of halogens is 1. The molecule has 1 saturated carbocycles. The summed E-state index contributed by atoms with van der Waals surface area (Å²) < 4.78 is 5.62. The second kappa shape index (κ2) is 5.55. The molecule has 0 unspecified atom stereocenters. The predicted octanol–water partition coefficient (Wildman–Crippen LogP) is 3.17. The summed E-state index contributed by atoms with van der Waals surface area (Å²) in [6.07, 6.45) is 3.70. The quantitative estimate of drug-likeness (QED) is 0.770. The monoisotopic (exact) mass is 239 g/mol. The lowest BCUT2D eigenvalue weighted by Crippen LogP contribution is -2.19. The van der Waals surface area contributed by atoms with Gasteiger partial charge >= 0.3 is 0 Å². The Balaban J connectivity index is 1.67. The molecule has 0 amide bonds. The molecule has 3 heteroatoms. The molecule has 0 heterocycles. The summed E-state index contributed by atoms with van der Waals surface area (Å²) in [6.45, 7) is 3.78. The van der Waals surface area contributed by atoms with Gasteiger partial charge < -0.3 is 10.1 Å². The van der Waals surface area contributed by atoms with E-state index in [1.165, 1.54) is 12.8 Å². The number of benzene rings is 1. The third kappa shape index (κ3) is 3.69. The van der Waals surface area contributed by atoms with Gasteiger partial charge in [-0.2, -0.15) is 0 Å². The Labute approximate surface area is 102 Å². The fourth-order valence-electron chi connectivity index (χ4n) is 1.57. The van der Waals surface area contributed by atoms with Crippen LogP contribution in [0.25, 0.3) is 0 Å². The zero-order valence-corrected chi connectivity index (χ0v) is 10.4. The fourth-order valence-corrected chi connectivity index (χ4v) is 1.86. The van der Waals surface area contributed by atoms with Crippen molar-refractivity contribution in [2.75, 3.05) is 13.2 Å². The van der Waals surface area contributed by atoms with E-state index in [0.29, 0.717) is 5.02 Å². The van der Waals surface area contributed by atoms with Crippen LogP contribution in [0, 0.1) is 6.92 Å².